The number of rotatable bonds is 4. The largest absolute Gasteiger partial charge is 0.593 e. The fourth-order valence-electron chi connectivity index (χ4n) is 4.10. The molecular weight excluding hydrogens is 436 g/mol. The van der Waals surface area contributed by atoms with E-state index in [1.165, 1.54) is 9.21 Å². The van der Waals surface area contributed by atoms with E-state index < -0.39 is 21.9 Å². The summed E-state index contributed by atoms with van der Waals surface area (Å²) in [7, 11) is -3.79. The first-order valence-electron chi connectivity index (χ1n) is 10.4. The van der Waals surface area contributed by atoms with Gasteiger partial charge in [-0.3, -0.25) is 14.2 Å². The Morgan fingerprint density at radius 3 is 2.56 bits per heavy atom. The first-order valence-corrected chi connectivity index (χ1v) is 11.8. The molecule has 1 aliphatic heterocycles. The van der Waals surface area contributed by atoms with Crippen LogP contribution < -0.4 is 5.56 Å². The second-order valence-corrected chi connectivity index (χ2v) is 9.94. The maximum absolute atomic E-state index is 13.2. The molecule has 0 N–H and O–H groups in total. The molecule has 12 heteroatoms. The van der Waals surface area contributed by atoms with Gasteiger partial charge in [0.15, 0.2) is 27.5 Å². The standard InChI is InChI=1S/C20H22N6O5S/c1-12-17(13(2)31-23-12)32(29,30)25-10-8-24(9-11-25)19(27)16-20(28)26(14-5-6-14)18-15(22-16)4-3-7-21-18/h3-4,7,14H,5-6,8-11H2,1-2H3. The van der Waals surface area contributed by atoms with Gasteiger partial charge in [-0.15, -0.1) is 4.31 Å². The second-order valence-electron chi connectivity index (χ2n) is 8.06. The average molecular weight is 459 g/mol. The molecule has 1 atom stereocenters. The van der Waals surface area contributed by atoms with Crippen molar-refractivity contribution in [3.8, 4) is 0 Å². The lowest BCUT2D eigenvalue weighted by atomic mass is 10.3. The lowest BCUT2D eigenvalue weighted by Crippen LogP contribution is -2.53. The van der Waals surface area contributed by atoms with Gasteiger partial charge in [-0.1, -0.05) is 9.37 Å². The van der Waals surface area contributed by atoms with Gasteiger partial charge in [-0.25, -0.2) is 9.97 Å². The van der Waals surface area contributed by atoms with Crippen LogP contribution in [0.4, 0.5) is 0 Å². The van der Waals surface area contributed by atoms with Gasteiger partial charge in [0.05, 0.1) is 13.1 Å². The van der Waals surface area contributed by atoms with Gasteiger partial charge in [0.2, 0.25) is 4.90 Å². The number of aryl methyl sites for hydroxylation is 2. The number of aromatic nitrogens is 4. The molecule has 0 spiro atoms. The minimum absolute atomic E-state index is 0.0338. The average Bonchev–Trinajstić information content (AvgIpc) is 3.56. The number of amides is 1. The zero-order valence-electron chi connectivity index (χ0n) is 17.7. The molecule has 5 rings (SSSR count). The molecule has 1 amide bonds. The fourth-order valence-corrected chi connectivity index (χ4v) is 5.82. The van der Waals surface area contributed by atoms with Crippen molar-refractivity contribution in [3.05, 3.63) is 45.8 Å². The van der Waals surface area contributed by atoms with E-state index in [0.717, 1.165) is 12.8 Å². The molecule has 0 radical (unpaired) electrons. The zero-order chi connectivity index (χ0) is 22.6. The lowest BCUT2D eigenvalue weighted by Gasteiger charge is -2.35. The Kier molecular flexibility index (Phi) is 4.95. The Balaban J connectivity index is 1.40. The number of carbonyl (C=O) groups excluding carboxylic acids is 1. The normalized spacial score (nSPS) is 19.3. The molecule has 1 aliphatic carbocycles. The fraction of sp³-hybridized carbons (Fsp3) is 0.450. The summed E-state index contributed by atoms with van der Waals surface area (Å²) in [6, 6.07) is 3.47. The number of hydrogen-bond donors (Lipinski definition) is 0. The van der Waals surface area contributed by atoms with Crippen molar-refractivity contribution in [2.24, 2.45) is 0 Å². The number of carbonyl (C=O) groups is 1. The van der Waals surface area contributed by atoms with Crippen LogP contribution in [0.3, 0.4) is 0 Å². The van der Waals surface area contributed by atoms with E-state index in [4.69, 9.17) is 4.52 Å². The van der Waals surface area contributed by atoms with Gasteiger partial charge < -0.3 is 14.0 Å². The number of nitrogens with zero attached hydrogens (tertiary/aromatic N) is 6. The first-order chi connectivity index (χ1) is 15.3. The van der Waals surface area contributed by atoms with Crippen molar-refractivity contribution < 1.29 is 18.1 Å². The zero-order valence-corrected chi connectivity index (χ0v) is 18.5. The van der Waals surface area contributed by atoms with Gasteiger partial charge >= 0.3 is 0 Å². The van der Waals surface area contributed by atoms with Crippen LogP contribution in [0.2, 0.25) is 0 Å². The molecule has 2 fully saturated rings. The topological polar surface area (TPSA) is 137 Å². The monoisotopic (exact) mass is 458 g/mol. The third-order valence-corrected chi connectivity index (χ3v) is 8.00. The van der Waals surface area contributed by atoms with E-state index in [2.05, 4.69) is 15.1 Å². The van der Waals surface area contributed by atoms with Gasteiger partial charge in [0.25, 0.3) is 11.5 Å². The van der Waals surface area contributed by atoms with Crippen molar-refractivity contribution >= 4 is 27.5 Å². The van der Waals surface area contributed by atoms with Crippen molar-refractivity contribution in [2.45, 2.75) is 37.6 Å². The Hall–Kier alpha value is -2.96. The third-order valence-electron chi connectivity index (χ3n) is 5.85. The Morgan fingerprint density at radius 1 is 1.22 bits per heavy atom. The summed E-state index contributed by atoms with van der Waals surface area (Å²) >= 11 is 0. The summed E-state index contributed by atoms with van der Waals surface area (Å²) in [6.45, 7) is 3.63. The number of hydrogen-bond acceptors (Lipinski definition) is 8. The summed E-state index contributed by atoms with van der Waals surface area (Å²) in [4.78, 5) is 36.4. The Bertz CT molecular complexity index is 1300. The van der Waals surface area contributed by atoms with Crippen LogP contribution in [-0.4, -0.2) is 65.5 Å². The van der Waals surface area contributed by atoms with E-state index in [0.29, 0.717) is 16.9 Å². The van der Waals surface area contributed by atoms with Crippen LogP contribution in [0, 0.1) is 13.8 Å². The molecule has 32 heavy (non-hydrogen) atoms. The van der Waals surface area contributed by atoms with Gasteiger partial charge in [-0.2, -0.15) is 0 Å². The maximum atomic E-state index is 13.2. The quantitative estimate of drug-likeness (QED) is 0.530. The van der Waals surface area contributed by atoms with Gasteiger partial charge in [-0.05, 0) is 31.9 Å². The highest BCUT2D eigenvalue weighted by atomic mass is 32.3. The maximum Gasteiger partial charge on any atom is 0.284 e. The van der Waals surface area contributed by atoms with Crippen LogP contribution in [0.15, 0.2) is 32.5 Å². The summed E-state index contributed by atoms with van der Waals surface area (Å²) in [5.41, 5.74) is 0.665. The van der Waals surface area contributed by atoms with E-state index in [-0.39, 0.29) is 48.6 Å². The summed E-state index contributed by atoms with van der Waals surface area (Å²) in [5, 5.41) is 3.73. The lowest BCUT2D eigenvalue weighted by molar-refractivity contribution is 0.0684. The van der Waals surface area contributed by atoms with Crippen LogP contribution in [0.25, 0.3) is 11.2 Å². The number of pyridine rings is 1. The summed E-state index contributed by atoms with van der Waals surface area (Å²) < 4.78 is 33.9. The molecule has 3 aromatic heterocycles. The first kappa shape index (κ1) is 20.9. The highest BCUT2D eigenvalue weighted by Gasteiger charge is 2.40. The smallest absolute Gasteiger partial charge is 0.284 e. The van der Waals surface area contributed by atoms with Gasteiger partial charge in [0, 0.05) is 32.3 Å². The van der Waals surface area contributed by atoms with Crippen molar-refractivity contribution in [1.82, 2.24) is 28.9 Å². The van der Waals surface area contributed by atoms with Crippen LogP contribution in [0.5, 0.6) is 0 Å². The molecule has 1 unspecified atom stereocenters. The third kappa shape index (κ3) is 3.34. The minimum Gasteiger partial charge on any atom is -0.593 e. The molecule has 1 saturated heterocycles. The molecular formula is C20H22N6O5S. The van der Waals surface area contributed by atoms with E-state index in [9.17, 15) is 18.4 Å². The molecule has 168 valence electrons. The van der Waals surface area contributed by atoms with Crippen molar-refractivity contribution in [2.75, 3.05) is 26.2 Å². The molecule has 2 aliphatic rings. The SMILES string of the molecule is Cc1noc(C)c1[S+](=O)([O-])N1CCN(C(=O)c2nc3cccnc3n(C3CC3)c2=O)CC1. The van der Waals surface area contributed by atoms with Crippen LogP contribution in [-0.2, 0) is 14.6 Å². The highest BCUT2D eigenvalue weighted by molar-refractivity contribution is 7.95. The molecule has 11 nitrogen and oxygen atoms in total. The number of piperazine rings is 1. The molecule has 1 saturated carbocycles. The van der Waals surface area contributed by atoms with Crippen molar-refractivity contribution in [3.63, 3.8) is 0 Å². The Labute approximate surface area is 184 Å². The molecule has 0 bridgehead atoms. The Morgan fingerprint density at radius 2 is 1.94 bits per heavy atom. The van der Waals surface area contributed by atoms with Crippen LogP contribution >= 0.6 is 0 Å². The molecule has 3 aromatic rings. The van der Waals surface area contributed by atoms with Crippen LogP contribution in [0.1, 0.15) is 40.8 Å². The van der Waals surface area contributed by atoms with Crippen molar-refractivity contribution in [1.29, 1.82) is 0 Å². The highest BCUT2D eigenvalue weighted by Crippen LogP contribution is 2.35. The molecule has 0 aromatic carbocycles. The number of sulfonamides is 1. The summed E-state index contributed by atoms with van der Waals surface area (Å²) in [5.74, 6) is -0.264. The molecule has 4 heterocycles. The predicted octanol–water partition coefficient (Wildman–Crippen LogP) is 1.09. The number of fused-ring (bicyclic) bond motifs is 1. The van der Waals surface area contributed by atoms with Gasteiger partial charge in [0.1, 0.15) is 11.2 Å². The van der Waals surface area contributed by atoms with E-state index in [1.807, 2.05) is 0 Å². The minimum atomic E-state index is -3.79. The van der Waals surface area contributed by atoms with E-state index in [1.54, 1.807) is 36.7 Å². The summed E-state index contributed by atoms with van der Waals surface area (Å²) in [6.07, 6.45) is 3.32. The predicted molar refractivity (Wildman–Crippen MR) is 113 cm³/mol. The second kappa shape index (κ2) is 7.57. The van der Waals surface area contributed by atoms with E-state index >= 15 is 0 Å².